The highest BCUT2D eigenvalue weighted by Gasteiger charge is 2.37. The van der Waals surface area contributed by atoms with Crippen LogP contribution in [0.1, 0.15) is 5.56 Å². The number of likely N-dealkylation sites (N-methyl/N-ethyl adjacent to an activating group) is 1. The van der Waals surface area contributed by atoms with Gasteiger partial charge in [0.2, 0.25) is 15.9 Å². The maximum absolute atomic E-state index is 12.3. The van der Waals surface area contributed by atoms with E-state index in [9.17, 15) is 13.2 Å². The molecule has 2 rings (SSSR count). The van der Waals surface area contributed by atoms with Crippen molar-refractivity contribution in [1.82, 2.24) is 14.9 Å². The van der Waals surface area contributed by atoms with Crippen LogP contribution < -0.4 is 10.0 Å². The minimum atomic E-state index is -3.55. The van der Waals surface area contributed by atoms with Crippen molar-refractivity contribution in [3.8, 4) is 0 Å². The largest absolute Gasteiger partial charge is 0.359 e. The molecular weight excluding hydrogens is 326 g/mol. The van der Waals surface area contributed by atoms with Gasteiger partial charge in [-0.2, -0.15) is 0 Å². The Labute approximate surface area is 135 Å². The van der Waals surface area contributed by atoms with E-state index < -0.39 is 16.1 Å². The number of nitrogens with one attached hydrogen (secondary N) is 2. The fourth-order valence-corrected chi connectivity index (χ4v) is 4.30. The molecule has 22 heavy (non-hydrogen) atoms. The molecule has 2 atom stereocenters. The molecule has 1 aromatic carbocycles. The second-order valence-corrected chi connectivity index (χ2v) is 7.75. The van der Waals surface area contributed by atoms with Gasteiger partial charge in [-0.25, -0.2) is 13.1 Å². The molecule has 0 spiro atoms. The fraction of sp³-hybridized carbons (Fsp3) is 0.500. The molecule has 0 aliphatic carbocycles. The standard InChI is InChI=1S/C14H20ClN3O3S/c1-16-14(19)12-7-18(2)8-13(12)17-22(20,21)9-10-4-3-5-11(15)6-10/h3-6,12-13,17H,7-9H2,1-2H3,(H,16,19)/t12-,13-/m0/s1. The monoisotopic (exact) mass is 345 g/mol. The number of benzene rings is 1. The lowest BCUT2D eigenvalue weighted by atomic mass is 10.0. The van der Waals surface area contributed by atoms with Gasteiger partial charge < -0.3 is 10.2 Å². The van der Waals surface area contributed by atoms with Crippen molar-refractivity contribution in [2.45, 2.75) is 11.8 Å². The number of likely N-dealkylation sites (tertiary alicyclic amines) is 1. The number of carbonyl (C=O) groups is 1. The van der Waals surface area contributed by atoms with Gasteiger partial charge in [-0.3, -0.25) is 4.79 Å². The second kappa shape index (κ2) is 6.95. The molecule has 122 valence electrons. The molecule has 0 saturated carbocycles. The van der Waals surface area contributed by atoms with Gasteiger partial charge in [-0.05, 0) is 24.7 Å². The Morgan fingerprint density at radius 3 is 2.77 bits per heavy atom. The van der Waals surface area contributed by atoms with Crippen molar-refractivity contribution < 1.29 is 13.2 Å². The van der Waals surface area contributed by atoms with E-state index in [1.807, 2.05) is 11.9 Å². The fourth-order valence-electron chi connectivity index (χ4n) is 2.69. The molecule has 0 unspecified atom stereocenters. The summed E-state index contributed by atoms with van der Waals surface area (Å²) in [7, 11) is -0.132. The van der Waals surface area contributed by atoms with Crippen molar-refractivity contribution in [3.63, 3.8) is 0 Å². The maximum Gasteiger partial charge on any atom is 0.225 e. The molecule has 1 aromatic rings. The van der Waals surface area contributed by atoms with Crippen molar-refractivity contribution >= 4 is 27.5 Å². The van der Waals surface area contributed by atoms with Crippen LogP contribution in [0.5, 0.6) is 0 Å². The van der Waals surface area contributed by atoms with Crippen LogP contribution in [-0.4, -0.2) is 52.5 Å². The zero-order chi connectivity index (χ0) is 16.3. The summed E-state index contributed by atoms with van der Waals surface area (Å²) in [5.74, 6) is -0.697. The van der Waals surface area contributed by atoms with Crippen LogP contribution in [0.4, 0.5) is 0 Å². The van der Waals surface area contributed by atoms with E-state index in [1.54, 1.807) is 31.3 Å². The van der Waals surface area contributed by atoms with Crippen LogP contribution in [0.25, 0.3) is 0 Å². The van der Waals surface area contributed by atoms with Crippen molar-refractivity contribution in [1.29, 1.82) is 0 Å². The molecular formula is C14H20ClN3O3S. The molecule has 8 heteroatoms. The number of sulfonamides is 1. The summed E-state index contributed by atoms with van der Waals surface area (Å²) in [5.41, 5.74) is 0.614. The van der Waals surface area contributed by atoms with E-state index >= 15 is 0 Å². The van der Waals surface area contributed by atoms with Gasteiger partial charge in [0.15, 0.2) is 0 Å². The molecule has 6 nitrogen and oxygen atoms in total. The Balaban J connectivity index is 2.09. The van der Waals surface area contributed by atoms with Gasteiger partial charge in [-0.1, -0.05) is 23.7 Å². The highest BCUT2D eigenvalue weighted by atomic mass is 35.5. The quantitative estimate of drug-likeness (QED) is 0.811. The van der Waals surface area contributed by atoms with Crippen LogP contribution in [0.3, 0.4) is 0 Å². The normalized spacial score (nSPS) is 22.7. The Morgan fingerprint density at radius 2 is 2.14 bits per heavy atom. The van der Waals surface area contributed by atoms with Crippen LogP contribution in [0.2, 0.25) is 5.02 Å². The Kier molecular flexibility index (Phi) is 5.44. The average molecular weight is 346 g/mol. The van der Waals surface area contributed by atoms with Crippen LogP contribution in [0, 0.1) is 5.92 Å². The predicted molar refractivity (Wildman–Crippen MR) is 86.1 cm³/mol. The summed E-state index contributed by atoms with van der Waals surface area (Å²) in [4.78, 5) is 13.8. The van der Waals surface area contributed by atoms with Gasteiger partial charge >= 0.3 is 0 Å². The SMILES string of the molecule is CNC(=O)[C@H]1CN(C)C[C@@H]1NS(=O)(=O)Cc1cccc(Cl)c1. The first-order chi connectivity index (χ1) is 10.3. The zero-order valence-electron chi connectivity index (χ0n) is 12.5. The number of amides is 1. The number of nitrogens with zero attached hydrogens (tertiary/aromatic N) is 1. The summed E-state index contributed by atoms with van der Waals surface area (Å²) in [5, 5.41) is 3.08. The number of hydrogen-bond acceptors (Lipinski definition) is 4. The summed E-state index contributed by atoms with van der Waals surface area (Å²) in [6.07, 6.45) is 0. The molecule has 0 aromatic heterocycles. The number of carbonyl (C=O) groups excluding carboxylic acids is 1. The summed E-state index contributed by atoms with van der Waals surface area (Å²) in [6, 6.07) is 6.32. The van der Waals surface area contributed by atoms with E-state index in [-0.39, 0.29) is 17.6 Å². The van der Waals surface area contributed by atoms with E-state index in [2.05, 4.69) is 10.0 Å². The molecule has 1 fully saturated rings. The van der Waals surface area contributed by atoms with Crippen molar-refractivity contribution in [2.75, 3.05) is 27.2 Å². The highest BCUT2D eigenvalue weighted by Crippen LogP contribution is 2.18. The molecule has 1 heterocycles. The molecule has 1 aliphatic heterocycles. The minimum Gasteiger partial charge on any atom is -0.359 e. The third-order valence-electron chi connectivity index (χ3n) is 3.66. The van der Waals surface area contributed by atoms with E-state index in [0.29, 0.717) is 23.7 Å². The van der Waals surface area contributed by atoms with Gasteiger partial charge in [0.1, 0.15) is 0 Å². The summed E-state index contributed by atoms with van der Waals surface area (Å²) in [6.45, 7) is 1.04. The zero-order valence-corrected chi connectivity index (χ0v) is 14.1. The lowest BCUT2D eigenvalue weighted by Crippen LogP contribution is -2.45. The third kappa shape index (κ3) is 4.42. The average Bonchev–Trinajstić information content (AvgIpc) is 2.77. The van der Waals surface area contributed by atoms with E-state index in [0.717, 1.165) is 0 Å². The predicted octanol–water partition coefficient (Wildman–Crippen LogP) is 0.436. The number of rotatable bonds is 5. The summed E-state index contributed by atoms with van der Waals surface area (Å²) >= 11 is 5.87. The topological polar surface area (TPSA) is 78.5 Å². The molecule has 0 radical (unpaired) electrons. The first kappa shape index (κ1) is 17.2. The van der Waals surface area contributed by atoms with E-state index in [4.69, 9.17) is 11.6 Å². The number of halogens is 1. The third-order valence-corrected chi connectivity index (χ3v) is 5.27. The van der Waals surface area contributed by atoms with Crippen LogP contribution >= 0.6 is 11.6 Å². The van der Waals surface area contributed by atoms with Crippen molar-refractivity contribution in [3.05, 3.63) is 34.9 Å². The first-order valence-electron chi connectivity index (χ1n) is 6.95. The maximum atomic E-state index is 12.3. The highest BCUT2D eigenvalue weighted by molar-refractivity contribution is 7.88. The lowest BCUT2D eigenvalue weighted by molar-refractivity contribution is -0.124. The molecule has 1 saturated heterocycles. The lowest BCUT2D eigenvalue weighted by Gasteiger charge is -2.18. The first-order valence-corrected chi connectivity index (χ1v) is 8.98. The van der Waals surface area contributed by atoms with E-state index in [1.165, 1.54) is 0 Å². The van der Waals surface area contributed by atoms with Crippen LogP contribution in [-0.2, 0) is 20.6 Å². The van der Waals surface area contributed by atoms with Crippen LogP contribution in [0.15, 0.2) is 24.3 Å². The van der Waals surface area contributed by atoms with Gasteiger partial charge in [0.25, 0.3) is 0 Å². The molecule has 0 bridgehead atoms. The van der Waals surface area contributed by atoms with Crippen molar-refractivity contribution in [2.24, 2.45) is 5.92 Å². The second-order valence-electron chi connectivity index (χ2n) is 5.56. The molecule has 1 amide bonds. The molecule has 2 N–H and O–H groups in total. The Hall–Kier alpha value is -1.15. The molecule has 1 aliphatic rings. The number of hydrogen-bond donors (Lipinski definition) is 2. The smallest absolute Gasteiger partial charge is 0.225 e. The summed E-state index contributed by atoms with van der Waals surface area (Å²) < 4.78 is 27.3. The van der Waals surface area contributed by atoms with Gasteiger partial charge in [-0.15, -0.1) is 0 Å². The van der Waals surface area contributed by atoms with Gasteiger partial charge in [0, 0.05) is 31.2 Å². The Bertz CT molecular complexity index is 650. The Morgan fingerprint density at radius 1 is 1.41 bits per heavy atom. The van der Waals surface area contributed by atoms with Gasteiger partial charge in [0.05, 0.1) is 11.7 Å². The minimum absolute atomic E-state index is 0.153.